The van der Waals surface area contributed by atoms with Gasteiger partial charge in [0, 0.05) is 4.88 Å². The van der Waals surface area contributed by atoms with Gasteiger partial charge in [0.2, 0.25) is 0 Å². The molecular formula is C9H10O4S. The third kappa shape index (κ3) is 2.56. The highest BCUT2D eigenvalue weighted by Gasteiger charge is 2.25. The van der Waals surface area contributed by atoms with Crippen molar-refractivity contribution in [1.82, 2.24) is 0 Å². The van der Waals surface area contributed by atoms with Crippen molar-refractivity contribution >= 4 is 23.3 Å². The predicted molar refractivity (Wildman–Crippen MR) is 51.3 cm³/mol. The lowest BCUT2D eigenvalue weighted by Crippen LogP contribution is -2.16. The molecule has 0 saturated heterocycles. The molecule has 0 aliphatic heterocycles. The SMILES string of the molecule is COC(=O)C(CC(=O)O)c1cccs1. The maximum absolute atomic E-state index is 11.3. The molecule has 1 N–H and O–H groups in total. The van der Waals surface area contributed by atoms with Crippen LogP contribution in [-0.2, 0) is 14.3 Å². The molecule has 0 bridgehead atoms. The summed E-state index contributed by atoms with van der Waals surface area (Å²) >= 11 is 1.35. The van der Waals surface area contributed by atoms with Crippen LogP contribution in [0.4, 0.5) is 0 Å². The third-order valence-corrected chi connectivity index (χ3v) is 2.74. The highest BCUT2D eigenvalue weighted by atomic mass is 32.1. The van der Waals surface area contributed by atoms with Crippen LogP contribution < -0.4 is 0 Å². The first kappa shape index (κ1) is 10.7. The van der Waals surface area contributed by atoms with Gasteiger partial charge >= 0.3 is 11.9 Å². The van der Waals surface area contributed by atoms with Gasteiger partial charge in [0.1, 0.15) is 5.92 Å². The van der Waals surface area contributed by atoms with E-state index in [0.717, 1.165) is 4.88 Å². The fourth-order valence-corrected chi connectivity index (χ4v) is 1.92. The molecule has 1 unspecified atom stereocenters. The second-order valence-corrected chi connectivity index (χ2v) is 3.67. The maximum atomic E-state index is 11.3. The summed E-state index contributed by atoms with van der Waals surface area (Å²) in [5.41, 5.74) is 0. The number of carbonyl (C=O) groups is 2. The molecule has 5 heteroatoms. The van der Waals surface area contributed by atoms with E-state index in [0.29, 0.717) is 0 Å². The average Bonchev–Trinajstić information content (AvgIpc) is 2.65. The van der Waals surface area contributed by atoms with Crippen molar-refractivity contribution in [3.63, 3.8) is 0 Å². The van der Waals surface area contributed by atoms with Gasteiger partial charge in [-0.25, -0.2) is 0 Å². The molecule has 1 rings (SSSR count). The third-order valence-electron chi connectivity index (χ3n) is 1.75. The van der Waals surface area contributed by atoms with Gasteiger partial charge in [-0.2, -0.15) is 0 Å². The van der Waals surface area contributed by atoms with Crippen molar-refractivity contribution in [3.05, 3.63) is 22.4 Å². The van der Waals surface area contributed by atoms with Crippen LogP contribution in [0.3, 0.4) is 0 Å². The Kier molecular flexibility index (Phi) is 3.64. The summed E-state index contributed by atoms with van der Waals surface area (Å²) < 4.78 is 4.54. The second kappa shape index (κ2) is 4.76. The van der Waals surface area contributed by atoms with Crippen LogP contribution in [0.5, 0.6) is 0 Å². The number of methoxy groups -OCH3 is 1. The molecule has 1 aromatic rings. The van der Waals surface area contributed by atoms with Crippen LogP contribution in [0, 0.1) is 0 Å². The molecule has 4 nitrogen and oxygen atoms in total. The first-order valence-corrected chi connectivity index (χ1v) is 4.86. The molecule has 0 amide bonds. The quantitative estimate of drug-likeness (QED) is 0.771. The Labute approximate surface area is 85.1 Å². The summed E-state index contributed by atoms with van der Waals surface area (Å²) in [6, 6.07) is 3.51. The van der Waals surface area contributed by atoms with Crippen molar-refractivity contribution in [1.29, 1.82) is 0 Å². The predicted octanol–water partition coefficient (Wildman–Crippen LogP) is 1.48. The number of ether oxygens (including phenoxy) is 1. The minimum atomic E-state index is -1.01. The number of aliphatic carboxylic acids is 1. The van der Waals surface area contributed by atoms with Crippen LogP contribution in [0.15, 0.2) is 17.5 Å². The molecular weight excluding hydrogens is 204 g/mol. The number of carbonyl (C=O) groups excluding carboxylic acids is 1. The van der Waals surface area contributed by atoms with E-state index >= 15 is 0 Å². The second-order valence-electron chi connectivity index (χ2n) is 2.69. The lowest BCUT2D eigenvalue weighted by Gasteiger charge is -2.09. The zero-order valence-corrected chi connectivity index (χ0v) is 8.41. The molecule has 0 aromatic carbocycles. The van der Waals surface area contributed by atoms with E-state index in [-0.39, 0.29) is 6.42 Å². The van der Waals surface area contributed by atoms with Gasteiger partial charge in [-0.1, -0.05) is 6.07 Å². The van der Waals surface area contributed by atoms with Gasteiger partial charge in [0.15, 0.2) is 0 Å². The lowest BCUT2D eigenvalue weighted by atomic mass is 10.0. The molecule has 0 spiro atoms. The molecule has 0 fully saturated rings. The number of thiophene rings is 1. The number of rotatable bonds is 4. The van der Waals surface area contributed by atoms with Crippen molar-refractivity contribution in [2.45, 2.75) is 12.3 Å². The number of hydrogen-bond donors (Lipinski definition) is 1. The Morgan fingerprint density at radius 1 is 1.64 bits per heavy atom. The van der Waals surface area contributed by atoms with Gasteiger partial charge in [-0.05, 0) is 11.4 Å². The Morgan fingerprint density at radius 3 is 2.79 bits per heavy atom. The summed E-state index contributed by atoms with van der Waals surface area (Å²) in [7, 11) is 1.25. The number of hydrogen-bond acceptors (Lipinski definition) is 4. The number of carboxylic acids is 1. The zero-order chi connectivity index (χ0) is 10.6. The van der Waals surface area contributed by atoms with Gasteiger partial charge in [-0.3, -0.25) is 9.59 Å². The van der Waals surface area contributed by atoms with Crippen LogP contribution >= 0.6 is 11.3 Å². The standard InChI is InChI=1S/C9H10O4S/c1-13-9(12)6(5-8(10)11)7-3-2-4-14-7/h2-4,6H,5H2,1H3,(H,10,11). The fourth-order valence-electron chi connectivity index (χ4n) is 1.11. The monoisotopic (exact) mass is 214 g/mol. The highest BCUT2D eigenvalue weighted by Crippen LogP contribution is 2.25. The smallest absolute Gasteiger partial charge is 0.314 e. The van der Waals surface area contributed by atoms with Gasteiger partial charge in [0.05, 0.1) is 13.5 Å². The van der Waals surface area contributed by atoms with Crippen LogP contribution in [0.1, 0.15) is 17.2 Å². The van der Waals surface area contributed by atoms with Crippen LogP contribution in [0.25, 0.3) is 0 Å². The molecule has 0 aliphatic carbocycles. The molecule has 1 aromatic heterocycles. The van der Waals surface area contributed by atoms with E-state index in [1.165, 1.54) is 18.4 Å². The van der Waals surface area contributed by atoms with E-state index in [1.54, 1.807) is 17.5 Å². The Bertz CT molecular complexity index is 318. The van der Waals surface area contributed by atoms with E-state index in [2.05, 4.69) is 4.74 Å². The normalized spacial score (nSPS) is 12.1. The zero-order valence-electron chi connectivity index (χ0n) is 7.60. The lowest BCUT2D eigenvalue weighted by molar-refractivity contribution is -0.147. The summed E-state index contributed by atoms with van der Waals surface area (Å²) in [5.74, 6) is -2.19. The molecule has 1 heterocycles. The van der Waals surface area contributed by atoms with E-state index in [1.807, 2.05) is 0 Å². The largest absolute Gasteiger partial charge is 0.481 e. The van der Waals surface area contributed by atoms with Crippen molar-refractivity contribution < 1.29 is 19.4 Å². The number of esters is 1. The van der Waals surface area contributed by atoms with Gasteiger partial charge < -0.3 is 9.84 Å². The van der Waals surface area contributed by atoms with Crippen LogP contribution in [-0.4, -0.2) is 24.2 Å². The van der Waals surface area contributed by atoms with E-state index < -0.39 is 17.9 Å². The summed E-state index contributed by atoms with van der Waals surface area (Å²) in [4.78, 5) is 22.5. The first-order valence-electron chi connectivity index (χ1n) is 3.98. The molecule has 0 aliphatic rings. The summed E-state index contributed by atoms with van der Waals surface area (Å²) in [5, 5.41) is 10.4. The topological polar surface area (TPSA) is 63.6 Å². The summed E-state index contributed by atoms with van der Waals surface area (Å²) in [6.45, 7) is 0. The minimum Gasteiger partial charge on any atom is -0.481 e. The average molecular weight is 214 g/mol. The Hall–Kier alpha value is -1.36. The Balaban J connectivity index is 2.82. The maximum Gasteiger partial charge on any atom is 0.314 e. The van der Waals surface area contributed by atoms with E-state index in [9.17, 15) is 9.59 Å². The van der Waals surface area contributed by atoms with E-state index in [4.69, 9.17) is 5.11 Å². The molecule has 76 valence electrons. The Morgan fingerprint density at radius 2 is 2.36 bits per heavy atom. The van der Waals surface area contributed by atoms with Crippen molar-refractivity contribution in [2.75, 3.05) is 7.11 Å². The van der Waals surface area contributed by atoms with Gasteiger partial charge in [0.25, 0.3) is 0 Å². The van der Waals surface area contributed by atoms with Crippen molar-refractivity contribution in [3.8, 4) is 0 Å². The first-order chi connectivity index (χ1) is 6.65. The van der Waals surface area contributed by atoms with Gasteiger partial charge in [-0.15, -0.1) is 11.3 Å². The molecule has 0 radical (unpaired) electrons. The highest BCUT2D eigenvalue weighted by molar-refractivity contribution is 7.10. The summed E-state index contributed by atoms with van der Waals surface area (Å²) in [6.07, 6.45) is -0.229. The minimum absolute atomic E-state index is 0.229. The fraction of sp³-hybridized carbons (Fsp3) is 0.333. The molecule has 14 heavy (non-hydrogen) atoms. The van der Waals surface area contributed by atoms with Crippen molar-refractivity contribution in [2.24, 2.45) is 0 Å². The number of carboxylic acid groups (broad SMARTS) is 1. The van der Waals surface area contributed by atoms with Crippen LogP contribution in [0.2, 0.25) is 0 Å². The molecule has 1 atom stereocenters. The molecule has 0 saturated carbocycles.